The Morgan fingerprint density at radius 3 is 2.26 bits per heavy atom. The van der Waals surface area contributed by atoms with E-state index in [1.807, 2.05) is 18.2 Å². The van der Waals surface area contributed by atoms with Crippen molar-refractivity contribution in [3.63, 3.8) is 0 Å². The molecule has 2 rings (SSSR count). The van der Waals surface area contributed by atoms with Gasteiger partial charge in [0.15, 0.2) is 5.78 Å². The van der Waals surface area contributed by atoms with E-state index in [-0.39, 0.29) is 0 Å². The van der Waals surface area contributed by atoms with Crippen LogP contribution in [0.15, 0.2) is 35.9 Å². The summed E-state index contributed by atoms with van der Waals surface area (Å²) in [6.45, 7) is 6.19. The Bertz CT molecular complexity index is 457. The lowest BCUT2D eigenvalue weighted by molar-refractivity contribution is -0.116. The molecule has 0 amide bonds. The lowest BCUT2D eigenvalue weighted by Crippen LogP contribution is -2.25. The highest BCUT2D eigenvalue weighted by Crippen LogP contribution is 2.30. The summed E-state index contributed by atoms with van der Waals surface area (Å²) in [5.74, 6) is 0.344. The Hall–Kier alpha value is -1.57. The van der Waals surface area contributed by atoms with E-state index >= 15 is 0 Å². The summed E-state index contributed by atoms with van der Waals surface area (Å²) in [6, 6.07) is 10.3. The van der Waals surface area contributed by atoms with Crippen LogP contribution in [0.2, 0.25) is 0 Å². The van der Waals surface area contributed by atoms with Crippen molar-refractivity contribution in [1.29, 1.82) is 0 Å². The Kier molecular flexibility index (Phi) is 4.78. The molecule has 1 aliphatic carbocycles. The van der Waals surface area contributed by atoms with Crippen molar-refractivity contribution in [1.82, 2.24) is 4.90 Å². The molecule has 0 aromatic heterocycles. The number of benzene rings is 1. The number of ketones is 1. The maximum Gasteiger partial charge on any atom is 0.160 e. The fourth-order valence-electron chi connectivity index (χ4n) is 2.81. The van der Waals surface area contributed by atoms with Crippen LogP contribution < -0.4 is 0 Å². The van der Waals surface area contributed by atoms with E-state index in [9.17, 15) is 4.79 Å². The molecule has 0 radical (unpaired) electrons. The standard InChI is InChI=1S/C17H23NO/c1-3-18(4-2)17(14-10-6-5-7-11-14)15-12-8-9-13-16(15)19/h5-7,10-11H,3-4,8-9,12-13H2,1-2H3. The van der Waals surface area contributed by atoms with Gasteiger partial charge >= 0.3 is 0 Å². The van der Waals surface area contributed by atoms with Crippen molar-refractivity contribution in [2.45, 2.75) is 39.5 Å². The van der Waals surface area contributed by atoms with Gasteiger partial charge in [-0.2, -0.15) is 0 Å². The number of hydrogen-bond acceptors (Lipinski definition) is 2. The molecular formula is C17H23NO. The zero-order valence-corrected chi connectivity index (χ0v) is 12.0. The van der Waals surface area contributed by atoms with Gasteiger partial charge in [-0.3, -0.25) is 4.79 Å². The number of rotatable bonds is 4. The minimum Gasteiger partial charge on any atom is -0.371 e. The number of hydrogen-bond donors (Lipinski definition) is 0. The lowest BCUT2D eigenvalue weighted by Gasteiger charge is -2.29. The van der Waals surface area contributed by atoms with Crippen molar-refractivity contribution in [3.8, 4) is 0 Å². The van der Waals surface area contributed by atoms with Crippen LogP contribution in [0.1, 0.15) is 45.1 Å². The molecular weight excluding hydrogens is 234 g/mol. The molecule has 1 fully saturated rings. The summed E-state index contributed by atoms with van der Waals surface area (Å²) >= 11 is 0. The molecule has 0 spiro atoms. The molecule has 19 heavy (non-hydrogen) atoms. The van der Waals surface area contributed by atoms with Crippen molar-refractivity contribution in [2.24, 2.45) is 0 Å². The zero-order chi connectivity index (χ0) is 13.7. The van der Waals surface area contributed by atoms with Gasteiger partial charge in [-0.15, -0.1) is 0 Å². The van der Waals surface area contributed by atoms with Crippen molar-refractivity contribution < 1.29 is 4.79 Å². The minimum absolute atomic E-state index is 0.344. The van der Waals surface area contributed by atoms with Crippen molar-refractivity contribution >= 4 is 11.5 Å². The molecule has 0 unspecified atom stereocenters. The molecule has 0 saturated heterocycles. The molecule has 1 aromatic rings. The molecule has 0 N–H and O–H groups in total. The van der Waals surface area contributed by atoms with Crippen LogP contribution in [0.3, 0.4) is 0 Å². The Balaban J connectivity index is 2.50. The van der Waals surface area contributed by atoms with Crippen LogP contribution >= 0.6 is 0 Å². The van der Waals surface area contributed by atoms with Crippen LogP contribution in [-0.4, -0.2) is 23.8 Å². The monoisotopic (exact) mass is 257 g/mol. The van der Waals surface area contributed by atoms with Crippen LogP contribution in [0.5, 0.6) is 0 Å². The molecule has 0 aliphatic heterocycles. The first kappa shape index (κ1) is 13.9. The average Bonchev–Trinajstić information content (AvgIpc) is 2.47. The fraction of sp³-hybridized carbons (Fsp3) is 0.471. The normalized spacial score (nSPS) is 18.3. The molecule has 1 saturated carbocycles. The van der Waals surface area contributed by atoms with Gasteiger partial charge in [0.2, 0.25) is 0 Å². The van der Waals surface area contributed by atoms with Gasteiger partial charge in [-0.1, -0.05) is 30.3 Å². The van der Waals surface area contributed by atoms with E-state index in [0.29, 0.717) is 12.2 Å². The summed E-state index contributed by atoms with van der Waals surface area (Å²) < 4.78 is 0. The van der Waals surface area contributed by atoms with Crippen molar-refractivity contribution in [3.05, 3.63) is 41.5 Å². The largest absolute Gasteiger partial charge is 0.371 e. The van der Waals surface area contributed by atoms with Gasteiger partial charge in [-0.05, 0) is 38.7 Å². The van der Waals surface area contributed by atoms with Crippen LogP contribution in [0.4, 0.5) is 0 Å². The van der Waals surface area contributed by atoms with Crippen molar-refractivity contribution in [2.75, 3.05) is 13.1 Å². The summed E-state index contributed by atoms with van der Waals surface area (Å²) in [7, 11) is 0. The summed E-state index contributed by atoms with van der Waals surface area (Å²) in [4.78, 5) is 14.6. The topological polar surface area (TPSA) is 20.3 Å². The second kappa shape index (κ2) is 6.55. The molecule has 2 nitrogen and oxygen atoms in total. The molecule has 0 heterocycles. The number of nitrogens with zero attached hydrogens (tertiary/aromatic N) is 1. The third-order valence-electron chi connectivity index (χ3n) is 3.83. The Labute approximate surface area is 116 Å². The summed E-state index contributed by atoms with van der Waals surface area (Å²) in [5, 5.41) is 0. The van der Waals surface area contributed by atoms with Gasteiger partial charge < -0.3 is 4.90 Å². The maximum absolute atomic E-state index is 12.3. The highest BCUT2D eigenvalue weighted by Gasteiger charge is 2.22. The minimum atomic E-state index is 0.344. The zero-order valence-electron chi connectivity index (χ0n) is 12.0. The molecule has 0 bridgehead atoms. The van der Waals surface area contributed by atoms with E-state index in [2.05, 4.69) is 30.9 Å². The first-order valence-corrected chi connectivity index (χ1v) is 7.34. The maximum atomic E-state index is 12.3. The molecule has 2 heteroatoms. The summed E-state index contributed by atoms with van der Waals surface area (Å²) in [5.41, 5.74) is 3.38. The number of carbonyl (C=O) groups is 1. The van der Waals surface area contributed by atoms with Crippen LogP contribution in [-0.2, 0) is 4.79 Å². The van der Waals surface area contributed by atoms with Gasteiger partial charge in [0, 0.05) is 25.1 Å². The first-order chi connectivity index (χ1) is 9.27. The highest BCUT2D eigenvalue weighted by atomic mass is 16.1. The SMILES string of the molecule is CCN(CC)C(=C1CCCCC1=O)c1ccccc1. The number of allylic oxidation sites excluding steroid dienone is 1. The number of carbonyl (C=O) groups excluding carboxylic acids is 1. The first-order valence-electron chi connectivity index (χ1n) is 7.34. The molecule has 102 valence electrons. The third kappa shape index (κ3) is 3.06. The highest BCUT2D eigenvalue weighted by molar-refractivity contribution is 6.02. The molecule has 0 atom stereocenters. The fourth-order valence-corrected chi connectivity index (χ4v) is 2.81. The second-order valence-electron chi connectivity index (χ2n) is 5.00. The van der Waals surface area contributed by atoms with Crippen LogP contribution in [0.25, 0.3) is 5.70 Å². The van der Waals surface area contributed by atoms with Gasteiger partial charge in [0.25, 0.3) is 0 Å². The van der Waals surface area contributed by atoms with E-state index in [0.717, 1.165) is 43.6 Å². The predicted molar refractivity (Wildman–Crippen MR) is 79.8 cm³/mol. The molecule has 1 aliphatic rings. The van der Waals surface area contributed by atoms with E-state index in [1.54, 1.807) is 0 Å². The Morgan fingerprint density at radius 1 is 1.05 bits per heavy atom. The van der Waals surface area contributed by atoms with Gasteiger partial charge in [0.1, 0.15) is 0 Å². The predicted octanol–water partition coefficient (Wildman–Crippen LogP) is 3.88. The lowest BCUT2D eigenvalue weighted by atomic mass is 9.89. The van der Waals surface area contributed by atoms with E-state index < -0.39 is 0 Å². The Morgan fingerprint density at radius 2 is 1.68 bits per heavy atom. The number of Topliss-reactive ketones (excluding diaryl/α,β-unsaturated/α-hetero) is 1. The second-order valence-corrected chi connectivity index (χ2v) is 5.00. The molecule has 1 aromatic carbocycles. The quantitative estimate of drug-likeness (QED) is 0.763. The smallest absolute Gasteiger partial charge is 0.160 e. The van der Waals surface area contributed by atoms with Gasteiger partial charge in [-0.25, -0.2) is 0 Å². The van der Waals surface area contributed by atoms with E-state index in [1.165, 1.54) is 5.56 Å². The van der Waals surface area contributed by atoms with Gasteiger partial charge in [0.05, 0.1) is 5.70 Å². The van der Waals surface area contributed by atoms with Crippen LogP contribution in [0, 0.1) is 0 Å². The third-order valence-corrected chi connectivity index (χ3v) is 3.83. The van der Waals surface area contributed by atoms with E-state index in [4.69, 9.17) is 0 Å². The summed E-state index contributed by atoms with van der Waals surface area (Å²) in [6.07, 6.45) is 3.83. The average molecular weight is 257 g/mol.